The Morgan fingerprint density at radius 2 is 1.70 bits per heavy atom. The first-order valence-electron chi connectivity index (χ1n) is 7.34. The Kier molecular flexibility index (Phi) is 6.64. The lowest BCUT2D eigenvalue weighted by molar-refractivity contribution is 0.480. The highest BCUT2D eigenvalue weighted by Crippen LogP contribution is 2.21. The van der Waals surface area contributed by atoms with Crippen molar-refractivity contribution in [1.29, 1.82) is 0 Å². The lowest BCUT2D eigenvalue weighted by Gasteiger charge is -2.16. The number of hydrogen-bond donors (Lipinski definition) is 2. The van der Waals surface area contributed by atoms with Crippen LogP contribution >= 0.6 is 24.0 Å². The number of nitrogens with zero attached hydrogens (tertiary/aromatic N) is 1. The Balaban J connectivity index is 0.00000192. The van der Waals surface area contributed by atoms with Crippen LogP contribution in [-0.4, -0.2) is 19.0 Å². The first-order chi connectivity index (χ1) is 10.8. The first kappa shape index (κ1) is 17.5. The lowest BCUT2D eigenvalue weighted by atomic mass is 10.2. The maximum Gasteiger partial charge on any atom is 0.191 e. The van der Waals surface area contributed by atoms with Gasteiger partial charge in [0.25, 0.3) is 0 Å². The smallest absolute Gasteiger partial charge is 0.191 e. The van der Waals surface area contributed by atoms with Crippen molar-refractivity contribution in [3.05, 3.63) is 59.9 Å². The van der Waals surface area contributed by atoms with Crippen molar-refractivity contribution in [3.8, 4) is 11.5 Å². The number of halogens is 2. The molecule has 0 fully saturated rings. The van der Waals surface area contributed by atoms with Gasteiger partial charge in [0, 0.05) is 19.6 Å². The molecule has 122 valence electrons. The number of benzene rings is 2. The van der Waals surface area contributed by atoms with Crippen LogP contribution in [0.3, 0.4) is 0 Å². The summed E-state index contributed by atoms with van der Waals surface area (Å²) in [6, 6.07) is 13.8. The third kappa shape index (κ3) is 5.38. The van der Waals surface area contributed by atoms with E-state index in [2.05, 4.69) is 15.6 Å². The molecular weight excluding hydrogens is 408 g/mol. The van der Waals surface area contributed by atoms with Crippen LogP contribution in [0, 0.1) is 5.82 Å². The van der Waals surface area contributed by atoms with Gasteiger partial charge in [-0.25, -0.2) is 4.39 Å². The molecule has 1 aliphatic rings. The van der Waals surface area contributed by atoms with E-state index in [1.165, 1.54) is 12.1 Å². The standard InChI is InChI=1S/C17H18FN3O.HI/c18-14-4-8-16(9-5-14)22-15-6-2-13(3-7-15)12-21-17-19-10-1-11-20-17;/h2-9H,1,10-12H2,(H2,19,20,21);1H. The normalized spacial score (nSPS) is 13.3. The third-order valence-corrected chi connectivity index (χ3v) is 3.33. The predicted molar refractivity (Wildman–Crippen MR) is 100 cm³/mol. The summed E-state index contributed by atoms with van der Waals surface area (Å²) >= 11 is 0. The van der Waals surface area contributed by atoms with Gasteiger partial charge < -0.3 is 15.4 Å². The zero-order valence-corrected chi connectivity index (χ0v) is 14.9. The fraction of sp³-hybridized carbons (Fsp3) is 0.235. The third-order valence-electron chi connectivity index (χ3n) is 3.33. The second-order valence-electron chi connectivity index (χ2n) is 5.06. The fourth-order valence-electron chi connectivity index (χ4n) is 2.15. The van der Waals surface area contributed by atoms with E-state index in [1.807, 2.05) is 24.3 Å². The molecule has 0 saturated heterocycles. The summed E-state index contributed by atoms with van der Waals surface area (Å²) in [7, 11) is 0. The molecule has 2 N–H and O–H groups in total. The van der Waals surface area contributed by atoms with E-state index in [4.69, 9.17) is 4.74 Å². The lowest BCUT2D eigenvalue weighted by Crippen LogP contribution is -2.40. The Morgan fingerprint density at radius 1 is 1.04 bits per heavy atom. The summed E-state index contributed by atoms with van der Waals surface area (Å²) in [5, 5.41) is 6.49. The van der Waals surface area contributed by atoms with Gasteiger partial charge in [-0.1, -0.05) is 12.1 Å². The summed E-state index contributed by atoms with van der Waals surface area (Å²) < 4.78 is 18.5. The van der Waals surface area contributed by atoms with Gasteiger partial charge in [-0.3, -0.25) is 4.99 Å². The van der Waals surface area contributed by atoms with Crippen LogP contribution in [-0.2, 0) is 6.54 Å². The van der Waals surface area contributed by atoms with Crippen LogP contribution in [0.5, 0.6) is 11.5 Å². The number of hydrogen-bond acceptors (Lipinski definition) is 4. The predicted octanol–water partition coefficient (Wildman–Crippen LogP) is 3.67. The zero-order chi connectivity index (χ0) is 15.2. The van der Waals surface area contributed by atoms with Crippen molar-refractivity contribution in [2.24, 2.45) is 4.99 Å². The Hall–Kier alpha value is -1.83. The van der Waals surface area contributed by atoms with Gasteiger partial charge in [-0.15, -0.1) is 24.0 Å². The second-order valence-corrected chi connectivity index (χ2v) is 5.06. The minimum Gasteiger partial charge on any atom is -0.457 e. The molecule has 0 saturated carbocycles. The Morgan fingerprint density at radius 3 is 2.30 bits per heavy atom. The molecule has 0 aromatic heterocycles. The van der Waals surface area contributed by atoms with E-state index in [-0.39, 0.29) is 29.8 Å². The average Bonchev–Trinajstić information content (AvgIpc) is 2.57. The molecule has 0 amide bonds. The molecule has 0 atom stereocenters. The number of rotatable bonds is 4. The maximum absolute atomic E-state index is 12.8. The van der Waals surface area contributed by atoms with Crippen molar-refractivity contribution in [3.63, 3.8) is 0 Å². The molecule has 0 spiro atoms. The first-order valence-corrected chi connectivity index (χ1v) is 7.34. The number of guanidine groups is 1. The van der Waals surface area contributed by atoms with Crippen LogP contribution in [0.1, 0.15) is 12.0 Å². The van der Waals surface area contributed by atoms with Gasteiger partial charge >= 0.3 is 0 Å². The monoisotopic (exact) mass is 427 g/mol. The average molecular weight is 427 g/mol. The van der Waals surface area contributed by atoms with E-state index in [1.54, 1.807) is 12.1 Å². The molecule has 1 aliphatic heterocycles. The highest BCUT2D eigenvalue weighted by molar-refractivity contribution is 14.0. The van der Waals surface area contributed by atoms with E-state index >= 15 is 0 Å². The van der Waals surface area contributed by atoms with Crippen molar-refractivity contribution in [2.75, 3.05) is 13.1 Å². The van der Waals surface area contributed by atoms with Gasteiger partial charge in [-0.2, -0.15) is 0 Å². The summed E-state index contributed by atoms with van der Waals surface area (Å²) in [5.41, 5.74) is 1.14. The van der Waals surface area contributed by atoms with Gasteiger partial charge in [0.2, 0.25) is 0 Å². The molecule has 1 heterocycles. The molecule has 23 heavy (non-hydrogen) atoms. The second kappa shape index (κ2) is 8.71. The highest BCUT2D eigenvalue weighted by Gasteiger charge is 2.03. The molecule has 2 aromatic rings. The van der Waals surface area contributed by atoms with Gasteiger partial charge in [0.1, 0.15) is 17.3 Å². The molecule has 0 aliphatic carbocycles. The number of nitrogens with one attached hydrogen (secondary N) is 2. The minimum atomic E-state index is -0.270. The van der Waals surface area contributed by atoms with Crippen molar-refractivity contribution in [2.45, 2.75) is 13.0 Å². The van der Waals surface area contributed by atoms with Gasteiger partial charge in [-0.05, 0) is 48.4 Å². The van der Waals surface area contributed by atoms with Crippen molar-refractivity contribution >= 4 is 29.9 Å². The molecule has 0 radical (unpaired) electrons. The quantitative estimate of drug-likeness (QED) is 0.733. The summed E-state index contributed by atoms with van der Waals surface area (Å²) in [6.07, 6.45) is 1.08. The molecule has 0 unspecified atom stereocenters. The van der Waals surface area contributed by atoms with E-state index in [0.717, 1.165) is 36.8 Å². The summed E-state index contributed by atoms with van der Waals surface area (Å²) in [4.78, 5) is 4.36. The fourth-order valence-corrected chi connectivity index (χ4v) is 2.15. The highest BCUT2D eigenvalue weighted by atomic mass is 127. The zero-order valence-electron chi connectivity index (χ0n) is 12.6. The van der Waals surface area contributed by atoms with E-state index in [0.29, 0.717) is 12.3 Å². The van der Waals surface area contributed by atoms with Crippen molar-refractivity contribution in [1.82, 2.24) is 10.6 Å². The molecule has 3 rings (SSSR count). The van der Waals surface area contributed by atoms with Gasteiger partial charge in [0.15, 0.2) is 5.96 Å². The maximum atomic E-state index is 12.8. The largest absolute Gasteiger partial charge is 0.457 e. The van der Waals surface area contributed by atoms with E-state index < -0.39 is 0 Å². The van der Waals surface area contributed by atoms with Crippen LogP contribution in [0.15, 0.2) is 53.5 Å². The Labute approximate surface area is 152 Å². The Bertz CT molecular complexity index is 644. The van der Waals surface area contributed by atoms with Crippen LogP contribution in [0.4, 0.5) is 4.39 Å². The van der Waals surface area contributed by atoms with Gasteiger partial charge in [0.05, 0.1) is 0 Å². The summed E-state index contributed by atoms with van der Waals surface area (Å²) in [6.45, 7) is 2.55. The van der Waals surface area contributed by atoms with E-state index in [9.17, 15) is 4.39 Å². The van der Waals surface area contributed by atoms with Crippen LogP contribution < -0.4 is 15.4 Å². The topological polar surface area (TPSA) is 45.6 Å². The molecule has 6 heteroatoms. The van der Waals surface area contributed by atoms with Crippen LogP contribution in [0.2, 0.25) is 0 Å². The molecule has 0 bridgehead atoms. The SMILES string of the molecule is Fc1ccc(Oc2ccc(CNC3=NCCCN3)cc2)cc1.I. The number of ether oxygens (including phenoxy) is 1. The minimum absolute atomic E-state index is 0. The molecule has 4 nitrogen and oxygen atoms in total. The molecular formula is C17H19FIN3O. The molecule has 2 aromatic carbocycles. The van der Waals surface area contributed by atoms with Crippen molar-refractivity contribution < 1.29 is 9.13 Å². The van der Waals surface area contributed by atoms with Crippen LogP contribution in [0.25, 0.3) is 0 Å². The summed E-state index contributed by atoms with van der Waals surface area (Å²) in [5.74, 6) is 1.93. The number of aliphatic imine (C=N–C) groups is 1.